The summed E-state index contributed by atoms with van der Waals surface area (Å²) in [5, 5.41) is 0. The van der Waals surface area contributed by atoms with Gasteiger partial charge in [-0.1, -0.05) is 6.07 Å². The average molecular weight is 272 g/mol. The largest absolute Gasteiger partial charge is 0.416 e. The van der Waals surface area contributed by atoms with E-state index in [0.717, 1.165) is 19.5 Å². The summed E-state index contributed by atoms with van der Waals surface area (Å²) in [4.78, 5) is 4.15. The van der Waals surface area contributed by atoms with Gasteiger partial charge in [-0.2, -0.15) is 13.2 Å². The van der Waals surface area contributed by atoms with Crippen LogP contribution in [-0.2, 0) is 6.18 Å². The predicted octanol–water partition coefficient (Wildman–Crippen LogP) is 3.15. The minimum atomic E-state index is -4.28. The minimum absolute atomic E-state index is 0.277. The van der Waals surface area contributed by atoms with Gasteiger partial charge in [-0.15, -0.1) is 0 Å². The molecule has 0 saturated carbocycles. The zero-order valence-corrected chi connectivity index (χ0v) is 11.5. The standard InChI is InChI=1S/C14H19F3N2/c1-10-4-5-11(8-13(10)14(15,16)17)19-7-6-12(9-19)18(2)3/h4-5,8,12H,6-7,9H2,1-3H3/t12-/m0/s1. The van der Waals surface area contributed by atoms with Gasteiger partial charge in [0.15, 0.2) is 0 Å². The van der Waals surface area contributed by atoms with E-state index in [1.54, 1.807) is 12.1 Å². The lowest BCUT2D eigenvalue weighted by atomic mass is 10.1. The number of likely N-dealkylation sites (N-methyl/N-ethyl adjacent to an activating group) is 1. The highest BCUT2D eigenvalue weighted by Gasteiger charge is 2.33. The van der Waals surface area contributed by atoms with Gasteiger partial charge in [0.25, 0.3) is 0 Å². The molecular weight excluding hydrogens is 253 g/mol. The third-order valence-corrected chi connectivity index (χ3v) is 3.79. The zero-order chi connectivity index (χ0) is 14.2. The summed E-state index contributed by atoms with van der Waals surface area (Å²) in [5.74, 6) is 0. The highest BCUT2D eigenvalue weighted by Crippen LogP contribution is 2.35. The normalized spacial score (nSPS) is 20.4. The smallest absolute Gasteiger partial charge is 0.370 e. The molecule has 1 aromatic carbocycles. The lowest BCUT2D eigenvalue weighted by molar-refractivity contribution is -0.138. The van der Waals surface area contributed by atoms with Crippen LogP contribution in [0.1, 0.15) is 17.5 Å². The Balaban J connectivity index is 2.23. The van der Waals surface area contributed by atoms with Gasteiger partial charge in [0.2, 0.25) is 0 Å². The van der Waals surface area contributed by atoms with E-state index >= 15 is 0 Å². The SMILES string of the molecule is Cc1ccc(N2CC[C@H](N(C)C)C2)cc1C(F)(F)F. The van der Waals surface area contributed by atoms with E-state index in [2.05, 4.69) is 4.90 Å². The lowest BCUT2D eigenvalue weighted by Gasteiger charge is -2.23. The Morgan fingerprint density at radius 3 is 2.47 bits per heavy atom. The molecule has 0 spiro atoms. The Bertz CT molecular complexity index is 454. The molecule has 1 saturated heterocycles. The minimum Gasteiger partial charge on any atom is -0.370 e. The first-order valence-electron chi connectivity index (χ1n) is 6.38. The predicted molar refractivity (Wildman–Crippen MR) is 70.5 cm³/mol. The summed E-state index contributed by atoms with van der Waals surface area (Å²) in [6.45, 7) is 3.09. The van der Waals surface area contributed by atoms with Gasteiger partial charge >= 0.3 is 6.18 Å². The van der Waals surface area contributed by atoms with Crippen LogP contribution in [0.25, 0.3) is 0 Å². The Hall–Kier alpha value is -1.23. The molecule has 1 aliphatic rings. The Morgan fingerprint density at radius 1 is 1.26 bits per heavy atom. The second-order valence-corrected chi connectivity index (χ2v) is 5.35. The van der Waals surface area contributed by atoms with Crippen molar-refractivity contribution < 1.29 is 13.2 Å². The van der Waals surface area contributed by atoms with Crippen LogP contribution in [0.15, 0.2) is 18.2 Å². The summed E-state index contributed by atoms with van der Waals surface area (Å²) in [5.41, 5.74) is 0.417. The molecule has 19 heavy (non-hydrogen) atoms. The average Bonchev–Trinajstić information content (AvgIpc) is 2.77. The van der Waals surface area contributed by atoms with Crippen LogP contribution in [0.5, 0.6) is 0 Å². The van der Waals surface area contributed by atoms with Crippen molar-refractivity contribution in [2.45, 2.75) is 25.6 Å². The van der Waals surface area contributed by atoms with Crippen LogP contribution in [0.2, 0.25) is 0 Å². The molecule has 1 atom stereocenters. The van der Waals surface area contributed by atoms with Crippen LogP contribution in [0.3, 0.4) is 0 Å². The fourth-order valence-corrected chi connectivity index (χ4v) is 2.51. The van der Waals surface area contributed by atoms with E-state index in [1.165, 1.54) is 13.0 Å². The number of halogens is 3. The number of alkyl halides is 3. The van der Waals surface area contributed by atoms with Gasteiger partial charge in [-0.05, 0) is 45.1 Å². The molecule has 1 aliphatic heterocycles. The molecule has 1 fully saturated rings. The van der Waals surface area contributed by atoms with E-state index in [1.807, 2.05) is 19.0 Å². The van der Waals surface area contributed by atoms with Crippen molar-refractivity contribution >= 4 is 5.69 Å². The maximum atomic E-state index is 12.9. The Labute approximate surface area is 111 Å². The van der Waals surface area contributed by atoms with Crippen LogP contribution in [0.4, 0.5) is 18.9 Å². The molecule has 0 aliphatic carbocycles. The maximum absolute atomic E-state index is 12.9. The first kappa shape index (κ1) is 14.2. The number of hydrogen-bond donors (Lipinski definition) is 0. The number of rotatable bonds is 2. The van der Waals surface area contributed by atoms with Crippen LogP contribution < -0.4 is 4.90 Å². The van der Waals surface area contributed by atoms with Gasteiger partial charge in [0.1, 0.15) is 0 Å². The third-order valence-electron chi connectivity index (χ3n) is 3.79. The van der Waals surface area contributed by atoms with Gasteiger partial charge < -0.3 is 9.80 Å². The topological polar surface area (TPSA) is 6.48 Å². The van der Waals surface area contributed by atoms with E-state index < -0.39 is 11.7 Å². The number of aryl methyl sites for hydroxylation is 1. The molecule has 2 nitrogen and oxygen atoms in total. The van der Waals surface area contributed by atoms with Crippen molar-refractivity contribution in [3.05, 3.63) is 29.3 Å². The molecule has 0 N–H and O–H groups in total. The van der Waals surface area contributed by atoms with Gasteiger partial charge in [-0.3, -0.25) is 0 Å². The summed E-state index contributed by atoms with van der Waals surface area (Å²) in [6, 6.07) is 5.02. The van der Waals surface area contributed by atoms with Crippen LogP contribution in [0, 0.1) is 6.92 Å². The van der Waals surface area contributed by atoms with E-state index in [0.29, 0.717) is 11.7 Å². The molecule has 0 radical (unpaired) electrons. The monoisotopic (exact) mass is 272 g/mol. The van der Waals surface area contributed by atoms with Crippen molar-refractivity contribution in [3.8, 4) is 0 Å². The summed E-state index contributed by atoms with van der Waals surface area (Å²) in [6.07, 6.45) is -3.29. The highest BCUT2D eigenvalue weighted by molar-refractivity contribution is 5.52. The van der Waals surface area contributed by atoms with Crippen molar-refractivity contribution in [2.24, 2.45) is 0 Å². The number of benzene rings is 1. The molecule has 1 aromatic rings. The number of anilines is 1. The third kappa shape index (κ3) is 3.03. The number of nitrogens with zero attached hydrogens (tertiary/aromatic N) is 2. The molecule has 0 amide bonds. The van der Waals surface area contributed by atoms with Crippen molar-refractivity contribution in [3.63, 3.8) is 0 Å². The van der Waals surface area contributed by atoms with Crippen LogP contribution >= 0.6 is 0 Å². The zero-order valence-electron chi connectivity index (χ0n) is 11.5. The number of hydrogen-bond acceptors (Lipinski definition) is 2. The molecule has 0 unspecified atom stereocenters. The maximum Gasteiger partial charge on any atom is 0.416 e. The van der Waals surface area contributed by atoms with Gasteiger partial charge in [-0.25, -0.2) is 0 Å². The molecule has 0 aromatic heterocycles. The lowest BCUT2D eigenvalue weighted by Crippen LogP contribution is -2.31. The van der Waals surface area contributed by atoms with Gasteiger partial charge in [0, 0.05) is 24.8 Å². The van der Waals surface area contributed by atoms with Gasteiger partial charge in [0.05, 0.1) is 5.56 Å². The van der Waals surface area contributed by atoms with Crippen LogP contribution in [-0.4, -0.2) is 38.1 Å². The van der Waals surface area contributed by atoms with E-state index in [9.17, 15) is 13.2 Å². The Morgan fingerprint density at radius 2 is 1.95 bits per heavy atom. The molecular formula is C14H19F3N2. The van der Waals surface area contributed by atoms with E-state index in [4.69, 9.17) is 0 Å². The summed E-state index contributed by atoms with van der Waals surface area (Å²) < 4.78 is 38.7. The van der Waals surface area contributed by atoms with Crippen molar-refractivity contribution in [1.29, 1.82) is 0 Å². The second-order valence-electron chi connectivity index (χ2n) is 5.35. The van der Waals surface area contributed by atoms with Crippen molar-refractivity contribution in [1.82, 2.24) is 4.90 Å². The first-order chi connectivity index (χ1) is 8.79. The molecule has 5 heteroatoms. The molecule has 106 valence electrons. The molecule has 0 bridgehead atoms. The quantitative estimate of drug-likeness (QED) is 0.816. The van der Waals surface area contributed by atoms with E-state index in [-0.39, 0.29) is 5.56 Å². The second kappa shape index (κ2) is 5.04. The highest BCUT2D eigenvalue weighted by atomic mass is 19.4. The molecule has 2 rings (SSSR count). The Kier molecular flexibility index (Phi) is 3.76. The molecule has 1 heterocycles. The first-order valence-corrected chi connectivity index (χ1v) is 6.38. The fraction of sp³-hybridized carbons (Fsp3) is 0.571. The fourth-order valence-electron chi connectivity index (χ4n) is 2.51. The summed E-state index contributed by atoms with van der Waals surface area (Å²) in [7, 11) is 4.01. The summed E-state index contributed by atoms with van der Waals surface area (Å²) >= 11 is 0. The van der Waals surface area contributed by atoms with Crippen molar-refractivity contribution in [2.75, 3.05) is 32.1 Å².